The molecule has 0 aliphatic rings. The van der Waals surface area contributed by atoms with Crippen LogP contribution in [0.25, 0.3) is 0 Å². The van der Waals surface area contributed by atoms with E-state index in [1.807, 2.05) is 0 Å². The number of rotatable bonds is 8. The lowest BCUT2D eigenvalue weighted by Gasteiger charge is -2.07. The summed E-state index contributed by atoms with van der Waals surface area (Å²) >= 11 is 3.17. The molecule has 3 N–H and O–H groups in total. The van der Waals surface area contributed by atoms with Gasteiger partial charge in [0.1, 0.15) is 31.1 Å². The Morgan fingerprint density at radius 3 is 2.81 bits per heavy atom. The molecule has 0 bridgehead atoms. The fraction of sp³-hybridized carbons (Fsp3) is 0.250. The number of ether oxygens (including phenoxy) is 1. The third kappa shape index (κ3) is 6.19. The Bertz CT molecular complexity index is 796. The lowest BCUT2D eigenvalue weighted by Crippen LogP contribution is -2.21. The summed E-state index contributed by atoms with van der Waals surface area (Å²) < 4.78 is 48.1. The lowest BCUT2D eigenvalue weighted by molar-refractivity contribution is 0.0321. The number of amidine groups is 1. The zero-order valence-corrected chi connectivity index (χ0v) is 14.9. The van der Waals surface area contributed by atoms with Gasteiger partial charge in [-0.1, -0.05) is 0 Å². The summed E-state index contributed by atoms with van der Waals surface area (Å²) in [4.78, 5) is 15.9. The van der Waals surface area contributed by atoms with Crippen LogP contribution < -0.4 is 11.1 Å². The van der Waals surface area contributed by atoms with Crippen molar-refractivity contribution in [3.8, 4) is 0 Å². The van der Waals surface area contributed by atoms with E-state index in [0.717, 1.165) is 0 Å². The monoisotopic (exact) mass is 433 g/mol. The maximum atomic E-state index is 13.9. The highest BCUT2D eigenvalue weighted by Gasteiger charge is 2.12. The van der Waals surface area contributed by atoms with Gasteiger partial charge in [-0.05, 0) is 34.1 Å². The Morgan fingerprint density at radius 1 is 1.38 bits per heavy atom. The first-order valence-corrected chi connectivity index (χ1v) is 8.13. The third-order valence-corrected chi connectivity index (χ3v) is 3.46. The van der Waals surface area contributed by atoms with E-state index in [4.69, 9.17) is 10.2 Å². The Labute approximate surface area is 155 Å². The highest BCUT2D eigenvalue weighted by Crippen LogP contribution is 2.19. The van der Waals surface area contributed by atoms with Crippen molar-refractivity contribution in [2.75, 3.05) is 18.5 Å². The summed E-state index contributed by atoms with van der Waals surface area (Å²) in [6, 6.07) is 5.43. The van der Waals surface area contributed by atoms with E-state index >= 15 is 0 Å². The van der Waals surface area contributed by atoms with Gasteiger partial charge in [0.25, 0.3) is 12.3 Å². The number of nitrogens with zero attached hydrogens (tertiary/aromatic N) is 1. The average molecular weight is 434 g/mol. The number of aliphatic imine (C=N–C) groups is 1. The van der Waals surface area contributed by atoms with Crippen LogP contribution in [0.15, 0.2) is 44.4 Å². The fourth-order valence-corrected chi connectivity index (χ4v) is 2.18. The van der Waals surface area contributed by atoms with Gasteiger partial charge in [-0.15, -0.1) is 0 Å². The minimum atomic E-state index is -2.60. The molecular formula is C16H15BrF3N3O3. The van der Waals surface area contributed by atoms with E-state index in [9.17, 15) is 18.0 Å². The summed E-state index contributed by atoms with van der Waals surface area (Å²) in [7, 11) is 0. The normalized spacial score (nSPS) is 11.8. The Hall–Kier alpha value is -2.33. The smallest absolute Gasteiger partial charge is 0.291 e. The number of carbonyl (C=O) groups is 1. The van der Waals surface area contributed by atoms with E-state index in [0.29, 0.717) is 10.2 Å². The minimum absolute atomic E-state index is 0.0417. The van der Waals surface area contributed by atoms with Gasteiger partial charge in [-0.3, -0.25) is 9.79 Å². The second-order valence-corrected chi connectivity index (χ2v) is 6.02. The fourth-order valence-electron chi connectivity index (χ4n) is 1.88. The van der Waals surface area contributed by atoms with Gasteiger partial charge in [-0.25, -0.2) is 13.2 Å². The van der Waals surface area contributed by atoms with Crippen LogP contribution in [-0.4, -0.2) is 31.4 Å². The van der Waals surface area contributed by atoms with Crippen molar-refractivity contribution in [3.05, 3.63) is 52.1 Å². The molecule has 1 heterocycles. The SMILES string of the molecule is N/C(COCC(F)F)=N/Cc1cc(NC(=O)c2cc(Br)co2)ccc1F. The molecule has 0 saturated carbocycles. The molecule has 0 unspecified atom stereocenters. The average Bonchev–Trinajstić information content (AvgIpc) is 3.01. The van der Waals surface area contributed by atoms with Crippen molar-refractivity contribution < 1.29 is 27.1 Å². The quantitative estimate of drug-likeness (QED) is 0.491. The molecule has 0 aliphatic carbocycles. The van der Waals surface area contributed by atoms with E-state index in [2.05, 4.69) is 31.0 Å². The van der Waals surface area contributed by atoms with Crippen LogP contribution in [0.2, 0.25) is 0 Å². The summed E-state index contributed by atoms with van der Waals surface area (Å²) in [5, 5.41) is 2.57. The number of benzene rings is 1. The summed E-state index contributed by atoms with van der Waals surface area (Å²) in [6.45, 7) is -1.17. The molecule has 10 heteroatoms. The number of carbonyl (C=O) groups excluding carboxylic acids is 1. The van der Waals surface area contributed by atoms with Gasteiger partial charge >= 0.3 is 0 Å². The summed E-state index contributed by atoms with van der Waals surface area (Å²) in [6.07, 6.45) is -1.24. The van der Waals surface area contributed by atoms with Gasteiger partial charge in [0.2, 0.25) is 0 Å². The predicted molar refractivity (Wildman–Crippen MR) is 92.9 cm³/mol. The highest BCUT2D eigenvalue weighted by molar-refractivity contribution is 9.10. The van der Waals surface area contributed by atoms with Crippen LogP contribution in [0.3, 0.4) is 0 Å². The van der Waals surface area contributed by atoms with Crippen LogP contribution in [0.1, 0.15) is 16.1 Å². The standard InChI is InChI=1S/C16H15BrF3N3O3/c17-10-4-13(26-6-10)16(24)23-11-1-2-12(18)9(3-11)5-22-15(21)8-25-7-14(19)20/h1-4,6,14H,5,7-8H2,(H2,21,22)(H,23,24). The van der Waals surface area contributed by atoms with Crippen molar-refractivity contribution in [1.82, 2.24) is 0 Å². The molecule has 0 saturated heterocycles. The second kappa shape index (κ2) is 9.39. The van der Waals surface area contributed by atoms with E-state index in [1.165, 1.54) is 30.5 Å². The Balaban J connectivity index is 1.99. The molecule has 140 valence electrons. The number of anilines is 1. The van der Waals surface area contributed by atoms with E-state index in [1.54, 1.807) is 0 Å². The van der Waals surface area contributed by atoms with Gasteiger partial charge in [0, 0.05) is 17.3 Å². The van der Waals surface area contributed by atoms with Crippen molar-refractivity contribution >= 4 is 33.4 Å². The van der Waals surface area contributed by atoms with E-state index < -0.39 is 24.8 Å². The first kappa shape index (κ1) is 20.0. The molecule has 1 aromatic heterocycles. The van der Waals surface area contributed by atoms with Gasteiger partial charge in [0.15, 0.2) is 5.76 Å². The van der Waals surface area contributed by atoms with Crippen LogP contribution >= 0.6 is 15.9 Å². The molecular weight excluding hydrogens is 419 g/mol. The number of halogens is 4. The number of nitrogens with one attached hydrogen (secondary N) is 1. The molecule has 0 radical (unpaired) electrons. The van der Waals surface area contributed by atoms with E-state index in [-0.39, 0.29) is 30.3 Å². The molecule has 1 aromatic carbocycles. The lowest BCUT2D eigenvalue weighted by atomic mass is 10.2. The van der Waals surface area contributed by atoms with Crippen molar-refractivity contribution in [2.45, 2.75) is 13.0 Å². The third-order valence-electron chi connectivity index (χ3n) is 3.04. The largest absolute Gasteiger partial charge is 0.458 e. The van der Waals surface area contributed by atoms with Crippen LogP contribution in [0.5, 0.6) is 0 Å². The molecule has 2 rings (SSSR count). The number of nitrogens with two attached hydrogens (primary N) is 1. The molecule has 0 fully saturated rings. The number of alkyl halides is 2. The molecule has 2 aromatic rings. The maximum Gasteiger partial charge on any atom is 0.291 e. The van der Waals surface area contributed by atoms with Crippen molar-refractivity contribution in [1.29, 1.82) is 0 Å². The number of hydrogen-bond acceptors (Lipinski definition) is 4. The highest BCUT2D eigenvalue weighted by atomic mass is 79.9. The molecule has 0 aliphatic heterocycles. The molecule has 0 spiro atoms. The maximum absolute atomic E-state index is 13.9. The van der Waals surface area contributed by atoms with Crippen LogP contribution in [0, 0.1) is 5.82 Å². The predicted octanol–water partition coefficient (Wildman–Crippen LogP) is 3.57. The summed E-state index contributed by atoms with van der Waals surface area (Å²) in [5.74, 6) is -1.01. The van der Waals surface area contributed by atoms with Gasteiger partial charge < -0.3 is 20.2 Å². The zero-order chi connectivity index (χ0) is 19.1. The zero-order valence-electron chi connectivity index (χ0n) is 13.3. The molecule has 0 atom stereocenters. The van der Waals surface area contributed by atoms with Crippen molar-refractivity contribution in [3.63, 3.8) is 0 Å². The number of hydrogen-bond donors (Lipinski definition) is 2. The topological polar surface area (TPSA) is 89.9 Å². The number of furan rings is 1. The molecule has 1 amide bonds. The number of amides is 1. The Kier molecular flexibility index (Phi) is 7.22. The van der Waals surface area contributed by atoms with Crippen LogP contribution in [0.4, 0.5) is 18.9 Å². The van der Waals surface area contributed by atoms with Crippen LogP contribution in [-0.2, 0) is 11.3 Å². The van der Waals surface area contributed by atoms with Crippen molar-refractivity contribution in [2.24, 2.45) is 10.7 Å². The molecule has 26 heavy (non-hydrogen) atoms. The van der Waals surface area contributed by atoms with Gasteiger partial charge in [0.05, 0.1) is 11.0 Å². The van der Waals surface area contributed by atoms with Gasteiger partial charge in [-0.2, -0.15) is 0 Å². The Morgan fingerprint density at radius 2 is 2.15 bits per heavy atom. The first-order valence-electron chi connectivity index (χ1n) is 7.33. The summed E-state index contributed by atoms with van der Waals surface area (Å²) in [5.41, 5.74) is 6.03. The second-order valence-electron chi connectivity index (χ2n) is 5.10. The first-order chi connectivity index (χ1) is 12.3. The molecule has 6 nitrogen and oxygen atoms in total. The minimum Gasteiger partial charge on any atom is -0.458 e.